The molecule has 218 valence electrons. The SMILES string of the molecule is COc1ccccc1COCCCOc1ccc(C2CCN(C(=O)O)CC2NCc2ccc3c(c2)NCCC3)cc1. The fourth-order valence-electron chi connectivity index (χ4n) is 5.77. The highest BCUT2D eigenvalue weighted by atomic mass is 16.5. The molecule has 1 amide bonds. The third-order valence-corrected chi connectivity index (χ3v) is 8.02. The van der Waals surface area contributed by atoms with E-state index in [9.17, 15) is 9.90 Å². The number of rotatable bonds is 12. The molecule has 2 aliphatic heterocycles. The van der Waals surface area contributed by atoms with Gasteiger partial charge in [0.15, 0.2) is 0 Å². The molecule has 2 heterocycles. The van der Waals surface area contributed by atoms with E-state index in [4.69, 9.17) is 14.2 Å². The van der Waals surface area contributed by atoms with Crippen molar-refractivity contribution in [1.82, 2.24) is 10.2 Å². The highest BCUT2D eigenvalue weighted by molar-refractivity contribution is 5.65. The molecule has 2 aliphatic rings. The van der Waals surface area contributed by atoms with Crippen LogP contribution in [0.2, 0.25) is 0 Å². The third kappa shape index (κ3) is 7.71. The summed E-state index contributed by atoms with van der Waals surface area (Å²) in [6.45, 7) is 4.40. The van der Waals surface area contributed by atoms with Crippen LogP contribution in [0.4, 0.5) is 10.5 Å². The van der Waals surface area contributed by atoms with Gasteiger partial charge in [0.2, 0.25) is 0 Å². The Morgan fingerprint density at radius 2 is 1.95 bits per heavy atom. The zero-order chi connectivity index (χ0) is 28.4. The number of aryl methyl sites for hydroxylation is 1. The Bertz CT molecular complexity index is 1280. The molecular formula is C33H41N3O5. The first-order valence-electron chi connectivity index (χ1n) is 14.6. The number of piperidine rings is 1. The Balaban J connectivity index is 1.12. The van der Waals surface area contributed by atoms with Gasteiger partial charge in [0, 0.05) is 55.8 Å². The number of likely N-dealkylation sites (tertiary alicyclic amines) is 1. The first kappa shape index (κ1) is 28.8. The van der Waals surface area contributed by atoms with Crippen LogP contribution < -0.4 is 20.1 Å². The Morgan fingerprint density at radius 3 is 2.78 bits per heavy atom. The lowest BCUT2D eigenvalue weighted by molar-refractivity contribution is 0.105. The van der Waals surface area contributed by atoms with Gasteiger partial charge in [0.05, 0.1) is 26.9 Å². The fraction of sp³-hybridized carbons (Fsp3) is 0.424. The average molecular weight is 560 g/mol. The zero-order valence-corrected chi connectivity index (χ0v) is 23.8. The van der Waals surface area contributed by atoms with Crippen LogP contribution in [-0.2, 0) is 24.3 Å². The van der Waals surface area contributed by atoms with E-state index in [0.29, 0.717) is 39.5 Å². The first-order valence-corrected chi connectivity index (χ1v) is 14.6. The van der Waals surface area contributed by atoms with Crippen molar-refractivity contribution in [3.05, 3.63) is 89.0 Å². The molecular weight excluding hydrogens is 518 g/mol. The second kappa shape index (κ2) is 14.2. The van der Waals surface area contributed by atoms with Crippen LogP contribution in [0.3, 0.4) is 0 Å². The van der Waals surface area contributed by atoms with Crippen molar-refractivity contribution in [1.29, 1.82) is 0 Å². The summed E-state index contributed by atoms with van der Waals surface area (Å²) < 4.78 is 17.1. The molecule has 41 heavy (non-hydrogen) atoms. The van der Waals surface area contributed by atoms with E-state index in [2.05, 4.69) is 41.0 Å². The van der Waals surface area contributed by atoms with Crippen LogP contribution >= 0.6 is 0 Å². The minimum absolute atomic E-state index is 0.0241. The predicted molar refractivity (Wildman–Crippen MR) is 160 cm³/mol. The van der Waals surface area contributed by atoms with Gasteiger partial charge in [-0.2, -0.15) is 0 Å². The number of nitrogens with one attached hydrogen (secondary N) is 2. The van der Waals surface area contributed by atoms with E-state index in [-0.39, 0.29) is 12.0 Å². The molecule has 0 aromatic heterocycles. The average Bonchev–Trinajstić information content (AvgIpc) is 3.02. The molecule has 1 fully saturated rings. The molecule has 3 aromatic carbocycles. The Labute approximate surface area is 242 Å². The number of para-hydroxylation sites is 1. The number of carboxylic acid groups (broad SMARTS) is 1. The Hall–Kier alpha value is -3.75. The summed E-state index contributed by atoms with van der Waals surface area (Å²) in [7, 11) is 1.67. The first-order chi connectivity index (χ1) is 20.1. The van der Waals surface area contributed by atoms with E-state index < -0.39 is 6.09 Å². The second-order valence-electron chi connectivity index (χ2n) is 10.8. The molecule has 3 N–H and O–H groups in total. The Kier molecular flexibility index (Phi) is 9.99. The lowest BCUT2D eigenvalue weighted by Gasteiger charge is -2.38. The van der Waals surface area contributed by atoms with Gasteiger partial charge in [-0.3, -0.25) is 0 Å². The van der Waals surface area contributed by atoms with Crippen molar-refractivity contribution in [2.45, 2.75) is 50.8 Å². The molecule has 0 aliphatic carbocycles. The van der Waals surface area contributed by atoms with Crippen molar-refractivity contribution in [3.8, 4) is 11.5 Å². The van der Waals surface area contributed by atoms with Crippen LogP contribution in [0.15, 0.2) is 66.7 Å². The number of carbonyl (C=O) groups is 1. The van der Waals surface area contributed by atoms with Gasteiger partial charge < -0.3 is 34.9 Å². The Morgan fingerprint density at radius 1 is 1.10 bits per heavy atom. The van der Waals surface area contributed by atoms with Crippen LogP contribution in [0.1, 0.15) is 47.4 Å². The van der Waals surface area contributed by atoms with E-state index in [1.807, 2.05) is 36.4 Å². The monoisotopic (exact) mass is 559 g/mol. The molecule has 2 unspecified atom stereocenters. The van der Waals surface area contributed by atoms with Gasteiger partial charge in [-0.05, 0) is 60.2 Å². The molecule has 5 rings (SSSR count). The lowest BCUT2D eigenvalue weighted by atomic mass is 9.85. The van der Waals surface area contributed by atoms with E-state index >= 15 is 0 Å². The van der Waals surface area contributed by atoms with Gasteiger partial charge in [0.25, 0.3) is 0 Å². The number of methoxy groups -OCH3 is 1. The third-order valence-electron chi connectivity index (χ3n) is 8.02. The van der Waals surface area contributed by atoms with Gasteiger partial charge in [0.1, 0.15) is 11.5 Å². The maximum absolute atomic E-state index is 11.7. The summed E-state index contributed by atoms with van der Waals surface area (Å²) in [6, 6.07) is 22.8. The van der Waals surface area contributed by atoms with Crippen LogP contribution in [-0.4, -0.2) is 62.1 Å². The predicted octanol–water partition coefficient (Wildman–Crippen LogP) is 5.66. The molecule has 0 spiro atoms. The van der Waals surface area contributed by atoms with Crippen molar-refractivity contribution >= 4 is 11.8 Å². The topological polar surface area (TPSA) is 92.3 Å². The number of benzene rings is 3. The van der Waals surface area contributed by atoms with Crippen LogP contribution in [0.25, 0.3) is 0 Å². The fourth-order valence-corrected chi connectivity index (χ4v) is 5.77. The van der Waals surface area contributed by atoms with Crippen LogP contribution in [0.5, 0.6) is 11.5 Å². The van der Waals surface area contributed by atoms with E-state index in [0.717, 1.165) is 42.9 Å². The number of anilines is 1. The number of amides is 1. The summed E-state index contributed by atoms with van der Waals surface area (Å²) in [5, 5.41) is 16.8. The zero-order valence-electron chi connectivity index (χ0n) is 23.8. The highest BCUT2D eigenvalue weighted by Gasteiger charge is 2.32. The van der Waals surface area contributed by atoms with Gasteiger partial charge in [-0.25, -0.2) is 4.79 Å². The number of nitrogens with zero attached hydrogens (tertiary/aromatic N) is 1. The van der Waals surface area contributed by atoms with Crippen molar-refractivity contribution in [3.63, 3.8) is 0 Å². The summed E-state index contributed by atoms with van der Waals surface area (Å²) >= 11 is 0. The smallest absolute Gasteiger partial charge is 0.407 e. The molecule has 8 nitrogen and oxygen atoms in total. The summed E-state index contributed by atoms with van der Waals surface area (Å²) in [5.41, 5.74) is 6.04. The molecule has 2 atom stereocenters. The second-order valence-corrected chi connectivity index (χ2v) is 10.8. The lowest BCUT2D eigenvalue weighted by Crippen LogP contribution is -2.51. The summed E-state index contributed by atoms with van der Waals surface area (Å²) in [5.74, 6) is 1.89. The van der Waals surface area contributed by atoms with Crippen molar-refractivity contribution in [2.75, 3.05) is 45.3 Å². The maximum atomic E-state index is 11.7. The normalized spacial score (nSPS) is 18.3. The van der Waals surface area contributed by atoms with Crippen molar-refractivity contribution in [2.24, 2.45) is 0 Å². The van der Waals surface area contributed by atoms with E-state index in [1.54, 1.807) is 7.11 Å². The summed E-state index contributed by atoms with van der Waals surface area (Å²) in [4.78, 5) is 13.3. The number of hydrogen-bond donors (Lipinski definition) is 3. The maximum Gasteiger partial charge on any atom is 0.407 e. The molecule has 0 bridgehead atoms. The number of ether oxygens (including phenoxy) is 3. The summed E-state index contributed by atoms with van der Waals surface area (Å²) in [6.07, 6.45) is 2.99. The standard InChI is InChI=1S/C33H41N3O5/c1-39-32-8-3-2-6-27(32)23-40-18-5-19-41-28-13-11-25(12-14-28)29-15-17-36(33(37)38)22-31(29)35-21-24-9-10-26-7-4-16-34-30(26)20-24/h2-3,6,8-14,20,29,31,34-35H,4-5,7,15-19,21-23H2,1H3,(H,37,38). The number of fused-ring (bicyclic) bond motifs is 1. The van der Waals surface area contributed by atoms with Gasteiger partial charge >= 0.3 is 6.09 Å². The molecule has 8 heteroatoms. The van der Waals surface area contributed by atoms with Gasteiger partial charge in [-0.1, -0.05) is 42.5 Å². The van der Waals surface area contributed by atoms with Gasteiger partial charge in [-0.15, -0.1) is 0 Å². The highest BCUT2D eigenvalue weighted by Crippen LogP contribution is 2.31. The van der Waals surface area contributed by atoms with Crippen molar-refractivity contribution < 1.29 is 24.1 Å². The quantitative estimate of drug-likeness (QED) is 0.247. The molecule has 1 saturated heterocycles. The molecule has 0 radical (unpaired) electrons. The van der Waals surface area contributed by atoms with Crippen LogP contribution in [0, 0.1) is 0 Å². The number of hydrogen-bond acceptors (Lipinski definition) is 6. The molecule has 3 aromatic rings. The molecule has 0 saturated carbocycles. The van der Waals surface area contributed by atoms with E-state index in [1.165, 1.54) is 33.7 Å². The minimum Gasteiger partial charge on any atom is -0.496 e. The largest absolute Gasteiger partial charge is 0.496 e. The minimum atomic E-state index is -0.858.